The highest BCUT2D eigenvalue weighted by atomic mass is 16.6. The Morgan fingerprint density at radius 3 is 2.48 bits per heavy atom. The number of aromatic nitrogens is 1. The van der Waals surface area contributed by atoms with Crippen LogP contribution in [0, 0.1) is 0 Å². The minimum absolute atomic E-state index is 0.0195. The van der Waals surface area contributed by atoms with Crippen molar-refractivity contribution >= 4 is 28.9 Å². The van der Waals surface area contributed by atoms with Crippen molar-refractivity contribution in [2.24, 2.45) is 0 Å². The number of carboxylic acids is 1. The summed E-state index contributed by atoms with van der Waals surface area (Å²) in [5, 5.41) is 25.7. The van der Waals surface area contributed by atoms with Crippen LogP contribution in [0.25, 0.3) is 10.9 Å². The number of nitrogens with one attached hydrogen (secondary N) is 3. The summed E-state index contributed by atoms with van der Waals surface area (Å²) in [5.41, 5.74) is 0.915. The van der Waals surface area contributed by atoms with Crippen molar-refractivity contribution in [2.45, 2.75) is 70.9 Å². The zero-order valence-corrected chi connectivity index (χ0v) is 19.4. The monoisotopic (exact) mass is 463 g/mol. The van der Waals surface area contributed by atoms with Crippen LogP contribution in [0.15, 0.2) is 30.5 Å². The third-order valence-corrected chi connectivity index (χ3v) is 4.80. The average molecular weight is 464 g/mol. The Kier molecular flexibility index (Phi) is 9.24. The van der Waals surface area contributed by atoms with Crippen LogP contribution in [0.3, 0.4) is 0 Å². The lowest BCUT2D eigenvalue weighted by Crippen LogP contribution is -2.47. The van der Waals surface area contributed by atoms with Crippen molar-refractivity contribution in [3.8, 4) is 0 Å². The van der Waals surface area contributed by atoms with Gasteiger partial charge in [0.15, 0.2) is 6.29 Å². The molecule has 5 N–H and O–H groups in total. The number of hydrogen-bond acceptors (Lipinski definition) is 6. The summed E-state index contributed by atoms with van der Waals surface area (Å²) in [6.07, 6.45) is -0.391. The summed E-state index contributed by atoms with van der Waals surface area (Å²) in [6.45, 7) is 6.99. The first-order valence-electron chi connectivity index (χ1n) is 10.9. The number of alkyl carbamates (subject to hydrolysis) is 1. The van der Waals surface area contributed by atoms with E-state index >= 15 is 0 Å². The van der Waals surface area contributed by atoms with E-state index in [0.29, 0.717) is 0 Å². The Balaban J connectivity index is 1.99. The van der Waals surface area contributed by atoms with Crippen LogP contribution < -0.4 is 10.6 Å². The van der Waals surface area contributed by atoms with Crippen LogP contribution in [0.2, 0.25) is 0 Å². The minimum Gasteiger partial charge on any atom is -0.480 e. The second-order valence-electron chi connectivity index (χ2n) is 8.66. The van der Waals surface area contributed by atoms with Gasteiger partial charge in [0, 0.05) is 36.5 Å². The van der Waals surface area contributed by atoms with Crippen molar-refractivity contribution < 1.29 is 34.1 Å². The molecule has 2 amide bonds. The van der Waals surface area contributed by atoms with E-state index in [1.54, 1.807) is 33.9 Å². The lowest BCUT2D eigenvalue weighted by atomic mass is 10.0. The van der Waals surface area contributed by atoms with E-state index in [2.05, 4.69) is 15.6 Å². The lowest BCUT2D eigenvalue weighted by Gasteiger charge is -2.26. The SMILES string of the molecule is CCOC(O)[C@@H](CCC(=O)N[C@H](Cc1c[nH]c2ccccc12)C(=O)O)NC(=O)OC(C)(C)C. The van der Waals surface area contributed by atoms with Gasteiger partial charge < -0.3 is 35.3 Å². The smallest absolute Gasteiger partial charge is 0.408 e. The number of carbonyl (C=O) groups is 3. The maximum absolute atomic E-state index is 12.5. The number of rotatable bonds is 11. The second kappa shape index (κ2) is 11.7. The zero-order chi connectivity index (χ0) is 24.6. The summed E-state index contributed by atoms with van der Waals surface area (Å²) in [7, 11) is 0. The van der Waals surface area contributed by atoms with Crippen molar-refractivity contribution in [3.05, 3.63) is 36.0 Å². The maximum Gasteiger partial charge on any atom is 0.408 e. The third kappa shape index (κ3) is 8.39. The molecule has 2 aromatic rings. The topological polar surface area (TPSA) is 150 Å². The highest BCUT2D eigenvalue weighted by Gasteiger charge is 2.27. The van der Waals surface area contributed by atoms with Gasteiger partial charge in [0.25, 0.3) is 0 Å². The number of para-hydroxylation sites is 1. The fourth-order valence-electron chi connectivity index (χ4n) is 3.31. The summed E-state index contributed by atoms with van der Waals surface area (Å²) >= 11 is 0. The first-order valence-corrected chi connectivity index (χ1v) is 10.9. The number of aliphatic hydroxyl groups excluding tert-OH is 1. The molecule has 0 fully saturated rings. The minimum atomic E-state index is -1.35. The van der Waals surface area contributed by atoms with E-state index < -0.39 is 41.9 Å². The molecule has 10 nitrogen and oxygen atoms in total. The molecule has 0 aliphatic carbocycles. The van der Waals surface area contributed by atoms with Gasteiger partial charge in [0.1, 0.15) is 11.6 Å². The predicted molar refractivity (Wildman–Crippen MR) is 122 cm³/mol. The Morgan fingerprint density at radius 1 is 1.15 bits per heavy atom. The van der Waals surface area contributed by atoms with Crippen LogP contribution in [0.5, 0.6) is 0 Å². The van der Waals surface area contributed by atoms with E-state index in [-0.39, 0.29) is 25.9 Å². The molecule has 1 aromatic heterocycles. The number of ether oxygens (including phenoxy) is 2. The fourth-order valence-corrected chi connectivity index (χ4v) is 3.31. The van der Waals surface area contributed by atoms with Gasteiger partial charge in [-0.05, 0) is 45.7 Å². The Labute approximate surface area is 192 Å². The molecular weight excluding hydrogens is 430 g/mol. The maximum atomic E-state index is 12.5. The van der Waals surface area contributed by atoms with E-state index in [1.165, 1.54) is 0 Å². The number of H-pyrrole nitrogens is 1. The van der Waals surface area contributed by atoms with Gasteiger partial charge in [-0.2, -0.15) is 0 Å². The molecule has 1 unspecified atom stereocenters. The van der Waals surface area contributed by atoms with Crippen molar-refractivity contribution in [3.63, 3.8) is 0 Å². The molecule has 0 aliphatic rings. The van der Waals surface area contributed by atoms with Gasteiger partial charge in [-0.3, -0.25) is 4.79 Å². The van der Waals surface area contributed by atoms with Gasteiger partial charge in [0.2, 0.25) is 5.91 Å². The largest absolute Gasteiger partial charge is 0.480 e. The number of carboxylic acid groups (broad SMARTS) is 1. The number of aliphatic hydroxyl groups is 1. The van der Waals surface area contributed by atoms with E-state index in [1.807, 2.05) is 24.3 Å². The number of benzene rings is 1. The molecule has 0 bridgehead atoms. The van der Waals surface area contributed by atoms with E-state index in [9.17, 15) is 24.6 Å². The molecule has 0 saturated heterocycles. The quantitative estimate of drug-likeness (QED) is 0.321. The summed E-state index contributed by atoms with van der Waals surface area (Å²) in [6, 6.07) is 5.44. The van der Waals surface area contributed by atoms with Gasteiger partial charge in [-0.25, -0.2) is 9.59 Å². The van der Waals surface area contributed by atoms with Gasteiger partial charge in [-0.1, -0.05) is 18.2 Å². The Hall–Kier alpha value is -3.11. The molecule has 1 heterocycles. The van der Waals surface area contributed by atoms with Crippen LogP contribution in [0.1, 0.15) is 46.1 Å². The normalized spacial score (nSPS) is 14.3. The predicted octanol–water partition coefficient (Wildman–Crippen LogP) is 2.31. The highest BCUT2D eigenvalue weighted by Crippen LogP contribution is 2.19. The molecule has 1 aromatic carbocycles. The number of amides is 2. The van der Waals surface area contributed by atoms with Gasteiger partial charge in [-0.15, -0.1) is 0 Å². The standard InChI is InChI=1S/C23H33N3O7/c1-5-32-21(30)17(26-22(31)33-23(2,3)4)10-11-19(27)25-18(20(28)29)12-14-13-24-16-9-7-6-8-15(14)16/h6-9,13,17-18,21,24,30H,5,10-12H2,1-4H3,(H,25,27)(H,26,31)(H,28,29)/t17-,18-,21?/m1/s1. The molecule has 2 rings (SSSR count). The Morgan fingerprint density at radius 2 is 1.85 bits per heavy atom. The number of carbonyl (C=O) groups excluding carboxylic acids is 2. The molecule has 3 atom stereocenters. The fraction of sp³-hybridized carbons (Fsp3) is 0.522. The number of aromatic amines is 1. The molecule has 182 valence electrons. The van der Waals surface area contributed by atoms with Crippen molar-refractivity contribution in [2.75, 3.05) is 6.61 Å². The van der Waals surface area contributed by atoms with Crippen LogP contribution in [-0.2, 0) is 25.5 Å². The summed E-state index contributed by atoms with van der Waals surface area (Å²) < 4.78 is 10.3. The zero-order valence-electron chi connectivity index (χ0n) is 19.4. The van der Waals surface area contributed by atoms with Crippen molar-refractivity contribution in [1.82, 2.24) is 15.6 Å². The van der Waals surface area contributed by atoms with Crippen molar-refractivity contribution in [1.29, 1.82) is 0 Å². The van der Waals surface area contributed by atoms with Gasteiger partial charge in [0.05, 0.1) is 6.04 Å². The summed E-state index contributed by atoms with van der Waals surface area (Å²) in [4.78, 5) is 39.4. The number of fused-ring (bicyclic) bond motifs is 1. The second-order valence-corrected chi connectivity index (χ2v) is 8.66. The third-order valence-electron chi connectivity index (χ3n) is 4.80. The van der Waals surface area contributed by atoms with Gasteiger partial charge >= 0.3 is 12.1 Å². The molecule has 10 heteroatoms. The number of aliphatic carboxylic acids is 1. The number of hydrogen-bond donors (Lipinski definition) is 5. The van der Waals surface area contributed by atoms with Crippen LogP contribution in [-0.4, -0.2) is 63.7 Å². The molecule has 0 aliphatic heterocycles. The molecule has 0 saturated carbocycles. The molecular formula is C23H33N3O7. The summed E-state index contributed by atoms with van der Waals surface area (Å²) in [5.74, 6) is -1.69. The first kappa shape index (κ1) is 26.1. The molecule has 33 heavy (non-hydrogen) atoms. The lowest BCUT2D eigenvalue weighted by molar-refractivity contribution is -0.142. The van der Waals surface area contributed by atoms with Crippen LogP contribution in [0.4, 0.5) is 4.79 Å². The van der Waals surface area contributed by atoms with E-state index in [0.717, 1.165) is 16.5 Å². The first-order chi connectivity index (χ1) is 15.5. The molecule has 0 radical (unpaired) electrons. The average Bonchev–Trinajstić information content (AvgIpc) is 3.12. The highest BCUT2D eigenvalue weighted by molar-refractivity contribution is 5.86. The Bertz CT molecular complexity index is 951. The molecule has 0 spiro atoms. The van der Waals surface area contributed by atoms with Crippen LogP contribution >= 0.6 is 0 Å². The van der Waals surface area contributed by atoms with E-state index in [4.69, 9.17) is 9.47 Å².